The largest absolute Gasteiger partial charge is 0.367 e. The van der Waals surface area contributed by atoms with Gasteiger partial charge in [0.05, 0.1) is 18.2 Å². The van der Waals surface area contributed by atoms with Crippen LogP contribution in [0, 0.1) is 11.7 Å². The average molecular weight is 516 g/mol. The van der Waals surface area contributed by atoms with Crippen LogP contribution in [-0.2, 0) is 22.6 Å². The molecule has 1 amide bonds. The van der Waals surface area contributed by atoms with Crippen molar-refractivity contribution >= 4 is 17.4 Å². The van der Waals surface area contributed by atoms with Crippen LogP contribution in [0.4, 0.5) is 10.1 Å². The molecule has 0 aliphatic carbocycles. The lowest BCUT2D eigenvalue weighted by atomic mass is 9.88. The van der Waals surface area contributed by atoms with E-state index in [1.54, 1.807) is 6.07 Å². The average Bonchev–Trinajstić information content (AvgIpc) is 2.94. The van der Waals surface area contributed by atoms with E-state index in [1.165, 1.54) is 6.07 Å². The highest BCUT2D eigenvalue weighted by molar-refractivity contribution is 5.87. The number of halogens is 1. The second-order valence-corrected chi connectivity index (χ2v) is 9.98. The van der Waals surface area contributed by atoms with Gasteiger partial charge < -0.3 is 10.2 Å². The summed E-state index contributed by atoms with van der Waals surface area (Å²) in [6, 6.07) is 24.5. The van der Waals surface area contributed by atoms with Crippen LogP contribution in [0.5, 0.6) is 0 Å². The molecule has 1 fully saturated rings. The Hall–Kier alpha value is -3.51. The lowest BCUT2D eigenvalue weighted by Gasteiger charge is -2.40. The van der Waals surface area contributed by atoms with E-state index < -0.39 is 0 Å². The summed E-state index contributed by atoms with van der Waals surface area (Å²) in [6.07, 6.45) is 1.80. The summed E-state index contributed by atoms with van der Waals surface area (Å²) >= 11 is 0. The molecule has 3 aromatic carbocycles. The molecule has 0 aromatic heterocycles. The molecule has 1 aliphatic rings. The third-order valence-corrected chi connectivity index (χ3v) is 7.50. The lowest BCUT2D eigenvalue weighted by Crippen LogP contribution is -2.50. The highest BCUT2D eigenvalue weighted by atomic mass is 19.1. The minimum atomic E-state index is -0.320. The quantitative estimate of drug-likeness (QED) is 0.364. The van der Waals surface area contributed by atoms with E-state index >= 15 is 4.39 Å². The number of nitrogens with zero attached hydrogens (tertiary/aromatic N) is 2. The zero-order valence-corrected chi connectivity index (χ0v) is 22.4. The fourth-order valence-electron chi connectivity index (χ4n) is 5.29. The smallest absolute Gasteiger partial charge is 0.224 e. The molecule has 6 heteroatoms. The van der Waals surface area contributed by atoms with Crippen molar-refractivity contribution in [2.24, 2.45) is 5.92 Å². The third-order valence-electron chi connectivity index (χ3n) is 7.50. The molecular weight excluding hydrogens is 477 g/mol. The van der Waals surface area contributed by atoms with Gasteiger partial charge in [0.25, 0.3) is 0 Å². The number of benzene rings is 3. The molecule has 1 unspecified atom stereocenters. The first-order valence-electron chi connectivity index (χ1n) is 13.7. The van der Waals surface area contributed by atoms with Crippen molar-refractivity contribution in [3.63, 3.8) is 0 Å². The summed E-state index contributed by atoms with van der Waals surface area (Å²) in [5.74, 6) is -0.146. The van der Waals surface area contributed by atoms with Crippen LogP contribution in [0.2, 0.25) is 0 Å². The van der Waals surface area contributed by atoms with Crippen LogP contribution in [0.1, 0.15) is 49.4 Å². The zero-order valence-electron chi connectivity index (χ0n) is 22.4. The van der Waals surface area contributed by atoms with Gasteiger partial charge in [0.2, 0.25) is 5.91 Å². The normalized spacial score (nSPS) is 14.9. The molecule has 0 bridgehead atoms. The molecular formula is C32H38FN3O2. The first-order valence-corrected chi connectivity index (χ1v) is 13.7. The number of Topliss-reactive ketones (excluding diaryl/α,β-unsaturated/α-hetero) is 1. The Bertz CT molecular complexity index is 1190. The van der Waals surface area contributed by atoms with Crippen molar-refractivity contribution in [3.05, 3.63) is 101 Å². The fourth-order valence-corrected chi connectivity index (χ4v) is 5.29. The van der Waals surface area contributed by atoms with Crippen molar-refractivity contribution in [2.75, 3.05) is 31.1 Å². The summed E-state index contributed by atoms with van der Waals surface area (Å²) in [4.78, 5) is 30.2. The molecule has 0 radical (unpaired) electrons. The van der Waals surface area contributed by atoms with Crippen LogP contribution in [0.15, 0.2) is 78.9 Å². The summed E-state index contributed by atoms with van der Waals surface area (Å²) in [6.45, 7) is 7.22. The Morgan fingerprint density at radius 2 is 1.47 bits per heavy atom. The summed E-state index contributed by atoms with van der Waals surface area (Å²) in [5, 5.41) is 2.89. The Labute approximate surface area is 225 Å². The van der Waals surface area contributed by atoms with E-state index in [1.807, 2.05) is 71.6 Å². The molecule has 4 rings (SSSR count). The van der Waals surface area contributed by atoms with Crippen LogP contribution in [-0.4, -0.2) is 42.8 Å². The van der Waals surface area contributed by atoms with Gasteiger partial charge in [0, 0.05) is 38.6 Å². The van der Waals surface area contributed by atoms with Gasteiger partial charge in [-0.2, -0.15) is 0 Å². The molecule has 1 N–H and O–H groups in total. The predicted octanol–water partition coefficient (Wildman–Crippen LogP) is 5.55. The van der Waals surface area contributed by atoms with Crippen LogP contribution < -0.4 is 10.2 Å². The van der Waals surface area contributed by atoms with Crippen molar-refractivity contribution in [1.29, 1.82) is 0 Å². The molecule has 1 saturated heterocycles. The lowest BCUT2D eigenvalue weighted by molar-refractivity contribution is -0.129. The fraction of sp³-hybridized carbons (Fsp3) is 0.375. The number of piperazine rings is 1. The van der Waals surface area contributed by atoms with Gasteiger partial charge in [0.15, 0.2) is 5.78 Å². The number of carbonyl (C=O) groups is 2. The highest BCUT2D eigenvalue weighted by Crippen LogP contribution is 2.30. The molecule has 1 aliphatic heterocycles. The predicted molar refractivity (Wildman–Crippen MR) is 150 cm³/mol. The summed E-state index contributed by atoms with van der Waals surface area (Å²) < 4.78 is 15.1. The van der Waals surface area contributed by atoms with E-state index in [0.29, 0.717) is 44.0 Å². The second kappa shape index (κ2) is 13.3. The Balaban J connectivity index is 1.37. The maximum absolute atomic E-state index is 15.1. The molecule has 1 heterocycles. The van der Waals surface area contributed by atoms with Gasteiger partial charge >= 0.3 is 0 Å². The van der Waals surface area contributed by atoms with Crippen LogP contribution in [0.25, 0.3) is 0 Å². The number of anilines is 1. The van der Waals surface area contributed by atoms with Gasteiger partial charge in [-0.1, -0.05) is 80.6 Å². The van der Waals surface area contributed by atoms with Crippen LogP contribution in [0.3, 0.4) is 0 Å². The van der Waals surface area contributed by atoms with E-state index in [0.717, 1.165) is 24.0 Å². The summed E-state index contributed by atoms with van der Waals surface area (Å²) in [7, 11) is 0. The standard InChI is InChI=1S/C32H38FN3O2/c1-3-26(4-2)32(38)31(27-13-9-6-10-14-27)36-19-17-35(18-20-36)29-16-15-25(21-28(29)33)22-30(37)34-23-24-11-7-5-8-12-24/h5-16,21,26,31H,3-4,17-20,22-23H2,1-2H3,(H,34,37). The van der Waals surface area contributed by atoms with Crippen molar-refractivity contribution < 1.29 is 14.0 Å². The minimum absolute atomic E-state index is 0.0353. The van der Waals surface area contributed by atoms with Crippen molar-refractivity contribution in [2.45, 2.75) is 45.7 Å². The molecule has 200 valence electrons. The Morgan fingerprint density at radius 3 is 2.08 bits per heavy atom. The van der Waals surface area contributed by atoms with Crippen molar-refractivity contribution in [3.8, 4) is 0 Å². The number of carbonyl (C=O) groups excluding carboxylic acids is 2. The molecule has 0 saturated carbocycles. The molecule has 1 atom stereocenters. The van der Waals surface area contributed by atoms with E-state index in [9.17, 15) is 9.59 Å². The number of hydrogen-bond acceptors (Lipinski definition) is 4. The zero-order chi connectivity index (χ0) is 26.9. The number of rotatable bonds is 11. The number of ketones is 1. The van der Waals surface area contributed by atoms with Crippen molar-refractivity contribution in [1.82, 2.24) is 10.2 Å². The number of amides is 1. The maximum atomic E-state index is 15.1. The SMILES string of the molecule is CCC(CC)C(=O)C(c1ccccc1)N1CCN(c2ccc(CC(=O)NCc3ccccc3)cc2F)CC1. The van der Waals surface area contributed by atoms with E-state index in [4.69, 9.17) is 0 Å². The minimum Gasteiger partial charge on any atom is -0.367 e. The molecule has 3 aromatic rings. The summed E-state index contributed by atoms with van der Waals surface area (Å²) in [5.41, 5.74) is 3.24. The van der Waals surface area contributed by atoms with Gasteiger partial charge in [-0.25, -0.2) is 4.39 Å². The Morgan fingerprint density at radius 1 is 0.842 bits per heavy atom. The number of nitrogens with one attached hydrogen (secondary N) is 1. The third kappa shape index (κ3) is 6.87. The highest BCUT2D eigenvalue weighted by Gasteiger charge is 2.33. The van der Waals surface area contributed by atoms with Gasteiger partial charge in [-0.15, -0.1) is 0 Å². The molecule has 38 heavy (non-hydrogen) atoms. The van der Waals surface area contributed by atoms with Gasteiger partial charge in [-0.05, 0) is 41.7 Å². The van der Waals surface area contributed by atoms with E-state index in [2.05, 4.69) is 24.1 Å². The van der Waals surface area contributed by atoms with Crippen LogP contribution >= 0.6 is 0 Å². The monoisotopic (exact) mass is 515 g/mol. The molecule has 5 nitrogen and oxygen atoms in total. The van der Waals surface area contributed by atoms with Gasteiger partial charge in [0.1, 0.15) is 5.82 Å². The number of hydrogen-bond donors (Lipinski definition) is 1. The van der Waals surface area contributed by atoms with E-state index in [-0.39, 0.29) is 35.9 Å². The topological polar surface area (TPSA) is 52.7 Å². The first-order chi connectivity index (χ1) is 18.5. The Kier molecular flexibility index (Phi) is 9.66. The second-order valence-electron chi connectivity index (χ2n) is 9.98. The molecule has 0 spiro atoms. The van der Waals surface area contributed by atoms with Gasteiger partial charge in [-0.3, -0.25) is 14.5 Å². The first kappa shape index (κ1) is 27.5. The maximum Gasteiger partial charge on any atom is 0.224 e.